The van der Waals surface area contributed by atoms with Gasteiger partial charge in [-0.2, -0.15) is 0 Å². The number of carbonyl (C=O) groups excluding carboxylic acids is 1. The van der Waals surface area contributed by atoms with Gasteiger partial charge in [0.1, 0.15) is 5.60 Å². The Kier molecular flexibility index (Phi) is 6.43. The summed E-state index contributed by atoms with van der Waals surface area (Å²) in [5, 5.41) is 3.42. The summed E-state index contributed by atoms with van der Waals surface area (Å²) in [6, 6.07) is 7.57. The van der Waals surface area contributed by atoms with E-state index in [1.165, 1.54) is 0 Å². The fourth-order valence-corrected chi connectivity index (χ4v) is 2.27. The maximum Gasteiger partial charge on any atom is 0.407 e. The summed E-state index contributed by atoms with van der Waals surface area (Å²) in [6.07, 6.45) is 0.286. The van der Waals surface area contributed by atoms with Crippen molar-refractivity contribution in [3.63, 3.8) is 0 Å². The molecule has 0 aliphatic heterocycles. The number of nitrogens with one attached hydrogen (secondary N) is 1. The molecule has 0 heterocycles. The number of carbonyl (C=O) groups is 1. The minimum atomic E-state index is -0.473. The quantitative estimate of drug-likeness (QED) is 0.789. The van der Waals surface area contributed by atoms with Crippen LogP contribution in [-0.4, -0.2) is 18.2 Å². The molecule has 0 bridgehead atoms. The van der Waals surface area contributed by atoms with E-state index in [-0.39, 0.29) is 0 Å². The first kappa shape index (κ1) is 16.9. The van der Waals surface area contributed by atoms with Crippen LogP contribution in [0.25, 0.3) is 0 Å². The number of hydrogen-bond donors (Lipinski definition) is 1. The molecule has 5 heteroatoms. The van der Waals surface area contributed by atoms with Gasteiger partial charge in [0.25, 0.3) is 0 Å². The van der Waals surface area contributed by atoms with Gasteiger partial charge in [-0.05, 0) is 56.4 Å². The molecule has 1 N–H and O–H groups in total. The van der Waals surface area contributed by atoms with Crippen LogP contribution in [0.15, 0.2) is 40.6 Å². The molecule has 0 radical (unpaired) electrons. The van der Waals surface area contributed by atoms with Crippen molar-refractivity contribution in [1.82, 2.24) is 5.32 Å². The number of hydrogen-bond acceptors (Lipinski definition) is 3. The molecule has 0 unspecified atom stereocenters. The number of amides is 1. The third kappa shape index (κ3) is 7.46. The van der Waals surface area contributed by atoms with E-state index in [1.807, 2.05) is 45.0 Å². The molecule has 0 saturated carbocycles. The summed E-state index contributed by atoms with van der Waals surface area (Å²) in [5.41, 5.74) is -0.473. The van der Waals surface area contributed by atoms with Crippen molar-refractivity contribution in [2.75, 3.05) is 6.54 Å². The van der Waals surface area contributed by atoms with Crippen molar-refractivity contribution >= 4 is 29.5 Å². The largest absolute Gasteiger partial charge is 0.444 e. The molecule has 1 aromatic carbocycles. The molecule has 3 nitrogen and oxygen atoms in total. The van der Waals surface area contributed by atoms with Crippen LogP contribution in [0.1, 0.15) is 27.2 Å². The average Bonchev–Trinajstić information content (AvgIpc) is 2.29. The first-order valence-electron chi connectivity index (χ1n) is 6.34. The molecule has 0 fully saturated rings. The lowest BCUT2D eigenvalue weighted by atomic mass is 10.2. The lowest BCUT2D eigenvalue weighted by molar-refractivity contribution is 0.0529. The Labute approximate surface area is 129 Å². The second-order valence-corrected chi connectivity index (χ2v) is 6.96. The van der Waals surface area contributed by atoms with Crippen LogP contribution in [0.3, 0.4) is 0 Å². The molecule has 0 spiro atoms. The number of rotatable bonds is 5. The topological polar surface area (TPSA) is 38.3 Å². The molecule has 0 aliphatic rings. The van der Waals surface area contributed by atoms with Crippen molar-refractivity contribution in [1.29, 1.82) is 0 Å². The van der Waals surface area contributed by atoms with E-state index in [1.54, 1.807) is 11.8 Å². The summed E-state index contributed by atoms with van der Waals surface area (Å²) in [4.78, 5) is 13.5. The molecule has 1 aromatic rings. The maximum atomic E-state index is 11.5. The molecule has 20 heavy (non-hydrogen) atoms. The predicted molar refractivity (Wildman–Crippen MR) is 85.3 cm³/mol. The Morgan fingerprint density at radius 1 is 1.35 bits per heavy atom. The van der Waals surface area contributed by atoms with Gasteiger partial charge in [0.15, 0.2) is 0 Å². The number of ether oxygens (including phenoxy) is 1. The number of alkyl carbamates (subject to hydrolysis) is 1. The summed E-state index contributed by atoms with van der Waals surface area (Å²) in [5.74, 6) is 0. The third-order valence-electron chi connectivity index (χ3n) is 2.15. The number of benzene rings is 1. The van der Waals surface area contributed by atoms with Gasteiger partial charge < -0.3 is 10.1 Å². The van der Waals surface area contributed by atoms with Gasteiger partial charge in [-0.25, -0.2) is 4.79 Å². The van der Waals surface area contributed by atoms with Crippen LogP contribution in [-0.2, 0) is 4.74 Å². The van der Waals surface area contributed by atoms with E-state index < -0.39 is 11.7 Å². The second kappa shape index (κ2) is 7.60. The van der Waals surface area contributed by atoms with Crippen molar-refractivity contribution in [3.8, 4) is 0 Å². The van der Waals surface area contributed by atoms with E-state index in [9.17, 15) is 4.79 Å². The highest BCUT2D eigenvalue weighted by Gasteiger charge is 2.15. The van der Waals surface area contributed by atoms with Gasteiger partial charge in [-0.3, -0.25) is 0 Å². The Morgan fingerprint density at radius 2 is 1.95 bits per heavy atom. The third-order valence-corrected chi connectivity index (χ3v) is 3.40. The van der Waals surface area contributed by atoms with Gasteiger partial charge in [-0.15, -0.1) is 0 Å². The van der Waals surface area contributed by atoms with Gasteiger partial charge >= 0.3 is 6.09 Å². The van der Waals surface area contributed by atoms with E-state index in [4.69, 9.17) is 16.3 Å². The van der Waals surface area contributed by atoms with Gasteiger partial charge in [-0.1, -0.05) is 29.9 Å². The number of halogens is 1. The molecular formula is C15H20ClNO2S. The van der Waals surface area contributed by atoms with Crippen LogP contribution in [0.4, 0.5) is 4.79 Å². The minimum absolute atomic E-state index is 0.401. The molecule has 1 amide bonds. The van der Waals surface area contributed by atoms with E-state index in [0.717, 1.165) is 9.80 Å². The summed E-state index contributed by atoms with van der Waals surface area (Å²) < 4.78 is 5.15. The normalized spacial score (nSPS) is 11.0. The Balaban J connectivity index is 2.27. The minimum Gasteiger partial charge on any atom is -0.444 e. The SMILES string of the molecule is C=C(CCNC(=O)OC(C)(C)C)Sc1ccc(Cl)cc1. The fraction of sp³-hybridized carbons (Fsp3) is 0.400. The zero-order valence-electron chi connectivity index (χ0n) is 12.0. The van der Waals surface area contributed by atoms with Gasteiger partial charge in [0, 0.05) is 16.5 Å². The molecule has 0 atom stereocenters. The zero-order chi connectivity index (χ0) is 15.2. The molecular weight excluding hydrogens is 294 g/mol. The van der Waals surface area contributed by atoms with E-state index in [2.05, 4.69) is 11.9 Å². The Morgan fingerprint density at radius 3 is 2.50 bits per heavy atom. The van der Waals surface area contributed by atoms with Gasteiger partial charge in [0.05, 0.1) is 0 Å². The highest BCUT2D eigenvalue weighted by atomic mass is 35.5. The second-order valence-electron chi connectivity index (χ2n) is 5.27. The Hall–Kier alpha value is -1.13. The number of thioether (sulfide) groups is 1. The summed E-state index contributed by atoms with van der Waals surface area (Å²) in [6.45, 7) is 10.00. The van der Waals surface area contributed by atoms with Crippen molar-refractivity contribution < 1.29 is 9.53 Å². The van der Waals surface area contributed by atoms with Gasteiger partial charge in [0.2, 0.25) is 0 Å². The Bertz CT molecular complexity index is 466. The first-order valence-corrected chi connectivity index (χ1v) is 7.54. The van der Waals surface area contributed by atoms with Crippen LogP contribution >= 0.6 is 23.4 Å². The van der Waals surface area contributed by atoms with Crippen LogP contribution in [0, 0.1) is 0 Å². The van der Waals surface area contributed by atoms with E-state index >= 15 is 0 Å². The molecule has 110 valence electrons. The fourth-order valence-electron chi connectivity index (χ4n) is 1.34. The smallest absolute Gasteiger partial charge is 0.407 e. The molecule has 0 aromatic heterocycles. The molecule has 0 aliphatic carbocycles. The molecule has 0 saturated heterocycles. The summed E-state index contributed by atoms with van der Waals surface area (Å²) in [7, 11) is 0. The van der Waals surface area contributed by atoms with Crippen LogP contribution in [0.5, 0.6) is 0 Å². The van der Waals surface area contributed by atoms with E-state index in [0.29, 0.717) is 18.0 Å². The van der Waals surface area contributed by atoms with Crippen molar-refractivity contribution in [2.24, 2.45) is 0 Å². The van der Waals surface area contributed by atoms with Crippen molar-refractivity contribution in [3.05, 3.63) is 40.8 Å². The van der Waals surface area contributed by atoms with Crippen molar-refractivity contribution in [2.45, 2.75) is 37.7 Å². The highest BCUT2D eigenvalue weighted by Crippen LogP contribution is 2.28. The lowest BCUT2D eigenvalue weighted by Crippen LogP contribution is -2.33. The first-order chi connectivity index (χ1) is 9.26. The monoisotopic (exact) mass is 313 g/mol. The predicted octanol–water partition coefficient (Wildman–Crippen LogP) is 4.86. The highest BCUT2D eigenvalue weighted by molar-refractivity contribution is 8.03. The van der Waals surface area contributed by atoms with Crippen LogP contribution < -0.4 is 5.32 Å². The summed E-state index contributed by atoms with van der Waals surface area (Å²) >= 11 is 7.40. The van der Waals surface area contributed by atoms with Crippen LogP contribution in [0.2, 0.25) is 5.02 Å². The standard InChI is InChI=1S/C15H20ClNO2S/c1-11(20-13-7-5-12(16)6-8-13)9-10-17-14(18)19-15(2,3)4/h5-8H,1,9-10H2,2-4H3,(H,17,18). The lowest BCUT2D eigenvalue weighted by Gasteiger charge is -2.19. The molecule has 1 rings (SSSR count). The maximum absolute atomic E-state index is 11.5. The average molecular weight is 314 g/mol. The zero-order valence-corrected chi connectivity index (χ0v) is 13.6.